The van der Waals surface area contributed by atoms with Crippen LogP contribution in [0, 0.1) is 0 Å². The van der Waals surface area contributed by atoms with Gasteiger partial charge in [0, 0.05) is 29.6 Å². The van der Waals surface area contributed by atoms with Crippen molar-refractivity contribution in [3.8, 4) is 0 Å². The molecule has 3 heterocycles. The zero-order chi connectivity index (χ0) is 24.3. The van der Waals surface area contributed by atoms with E-state index in [1.165, 1.54) is 31.2 Å². The third-order valence-electron chi connectivity index (χ3n) is 5.45. The molecule has 0 saturated carbocycles. The molecule has 1 amide bonds. The Morgan fingerprint density at radius 1 is 1.21 bits per heavy atom. The predicted molar refractivity (Wildman–Crippen MR) is 105 cm³/mol. The smallest absolute Gasteiger partial charge is 0.363 e. The van der Waals surface area contributed by atoms with Crippen LogP contribution in [0.4, 0.5) is 32.2 Å². The summed E-state index contributed by atoms with van der Waals surface area (Å²) in [7, 11) is 0. The van der Waals surface area contributed by atoms with Gasteiger partial charge in [-0.3, -0.25) is 4.79 Å². The molecular formula is C19H16ClF6N5O2. The van der Waals surface area contributed by atoms with Crippen LogP contribution < -0.4 is 5.32 Å². The van der Waals surface area contributed by atoms with E-state index in [0.717, 1.165) is 6.07 Å². The fourth-order valence-corrected chi connectivity index (χ4v) is 3.98. The van der Waals surface area contributed by atoms with Gasteiger partial charge in [0.05, 0.1) is 6.04 Å². The van der Waals surface area contributed by atoms with Crippen molar-refractivity contribution >= 4 is 29.0 Å². The van der Waals surface area contributed by atoms with Crippen molar-refractivity contribution in [3.63, 3.8) is 0 Å². The number of halogens is 7. The average Bonchev–Trinajstić information content (AvgIpc) is 3.27. The van der Waals surface area contributed by atoms with Gasteiger partial charge >= 0.3 is 12.4 Å². The van der Waals surface area contributed by atoms with Gasteiger partial charge in [-0.25, -0.2) is 4.68 Å². The molecule has 2 aromatic rings. The first-order chi connectivity index (χ1) is 15.2. The lowest BCUT2D eigenvalue weighted by Gasteiger charge is -2.33. The maximum Gasteiger partial charge on any atom is 0.438 e. The number of benzene rings is 1. The standard InChI is InChI=1S/C19H16ClF6N5O2/c1-9-8-17(33,19(24,25)26)31(28-9)16(32)13-7-15-27-12(10-2-4-11(20)5-3-10)6-14(18(21,22)23)30(15)29-13/h2-5,7,12,14,27,33H,6,8H2,1H3/t12-,14-,17-/m0/s1. The summed E-state index contributed by atoms with van der Waals surface area (Å²) < 4.78 is 82.2. The number of amides is 1. The van der Waals surface area contributed by atoms with Gasteiger partial charge < -0.3 is 10.4 Å². The SMILES string of the molecule is CC1=NN(C(=O)c2cc3n(n2)[C@H](C(F)(F)F)C[C@@H](c2ccc(Cl)cc2)N3)[C@@](O)(C(F)(F)F)C1. The Labute approximate surface area is 187 Å². The number of hydrogen-bond acceptors (Lipinski definition) is 5. The molecule has 0 spiro atoms. The van der Waals surface area contributed by atoms with E-state index in [2.05, 4.69) is 15.5 Å². The number of fused-ring (bicyclic) bond motifs is 1. The molecule has 0 fully saturated rings. The Bertz CT molecular complexity index is 1110. The number of carbonyl (C=O) groups is 1. The molecule has 178 valence electrons. The quantitative estimate of drug-likeness (QED) is 0.593. The van der Waals surface area contributed by atoms with Crippen LogP contribution in [-0.2, 0) is 0 Å². The maximum atomic E-state index is 13.8. The van der Waals surface area contributed by atoms with Gasteiger partial charge in [-0.2, -0.15) is 41.6 Å². The zero-order valence-electron chi connectivity index (χ0n) is 16.7. The van der Waals surface area contributed by atoms with Crippen molar-refractivity contribution in [1.82, 2.24) is 14.8 Å². The van der Waals surface area contributed by atoms with E-state index >= 15 is 0 Å². The molecule has 0 aliphatic carbocycles. The van der Waals surface area contributed by atoms with Crippen LogP contribution in [0.15, 0.2) is 35.4 Å². The number of aromatic nitrogens is 2. The first kappa shape index (κ1) is 23.4. The summed E-state index contributed by atoms with van der Waals surface area (Å²) in [5.74, 6) is -1.71. The number of rotatable bonds is 2. The monoisotopic (exact) mass is 495 g/mol. The van der Waals surface area contributed by atoms with Crippen LogP contribution in [0.2, 0.25) is 5.02 Å². The fraction of sp³-hybridized carbons (Fsp3) is 0.421. The summed E-state index contributed by atoms with van der Waals surface area (Å²) in [6.07, 6.45) is -11.5. The summed E-state index contributed by atoms with van der Waals surface area (Å²) >= 11 is 5.83. The Balaban J connectivity index is 1.72. The third-order valence-corrected chi connectivity index (χ3v) is 5.70. The molecule has 14 heteroatoms. The Morgan fingerprint density at radius 3 is 2.42 bits per heavy atom. The molecule has 2 N–H and O–H groups in total. The highest BCUT2D eigenvalue weighted by molar-refractivity contribution is 6.30. The van der Waals surface area contributed by atoms with Crippen molar-refractivity contribution in [2.75, 3.05) is 5.32 Å². The highest BCUT2D eigenvalue weighted by atomic mass is 35.5. The van der Waals surface area contributed by atoms with Crippen molar-refractivity contribution in [2.24, 2.45) is 5.10 Å². The Hall–Kier alpha value is -2.80. The van der Waals surface area contributed by atoms with Gasteiger partial charge in [0.15, 0.2) is 11.7 Å². The number of alkyl halides is 6. The van der Waals surface area contributed by atoms with Gasteiger partial charge in [0.25, 0.3) is 11.6 Å². The first-order valence-corrected chi connectivity index (χ1v) is 9.94. The molecule has 0 radical (unpaired) electrons. The molecule has 2 aliphatic heterocycles. The predicted octanol–water partition coefficient (Wildman–Crippen LogP) is 4.67. The number of anilines is 1. The summed E-state index contributed by atoms with van der Waals surface area (Å²) in [5, 5.41) is 20.2. The van der Waals surface area contributed by atoms with Crippen molar-refractivity contribution < 1.29 is 36.2 Å². The average molecular weight is 496 g/mol. The molecule has 4 rings (SSSR count). The van der Waals surface area contributed by atoms with Crippen molar-refractivity contribution in [1.29, 1.82) is 0 Å². The normalized spacial score (nSPS) is 25.5. The second-order valence-corrected chi connectivity index (χ2v) is 8.28. The van der Waals surface area contributed by atoms with Gasteiger partial charge in [-0.1, -0.05) is 23.7 Å². The van der Waals surface area contributed by atoms with Crippen LogP contribution in [-0.4, -0.2) is 49.6 Å². The van der Waals surface area contributed by atoms with Crippen LogP contribution in [0.25, 0.3) is 0 Å². The lowest BCUT2D eigenvalue weighted by molar-refractivity contribution is -0.297. The zero-order valence-corrected chi connectivity index (χ0v) is 17.5. The molecule has 1 aromatic heterocycles. The minimum Gasteiger partial charge on any atom is -0.363 e. The van der Waals surface area contributed by atoms with Gasteiger partial charge in [-0.15, -0.1) is 0 Å². The third kappa shape index (κ3) is 4.03. The number of nitrogens with zero attached hydrogens (tertiary/aromatic N) is 4. The summed E-state index contributed by atoms with van der Waals surface area (Å²) in [6.45, 7) is 1.18. The minimum absolute atomic E-state index is 0.179. The van der Waals surface area contributed by atoms with Crippen molar-refractivity contribution in [2.45, 2.75) is 49.9 Å². The Morgan fingerprint density at radius 2 is 1.85 bits per heavy atom. The van der Waals surface area contributed by atoms with Crippen LogP contribution in [0.1, 0.15) is 47.9 Å². The van der Waals surface area contributed by atoms with Crippen LogP contribution in [0.3, 0.4) is 0 Å². The summed E-state index contributed by atoms with van der Waals surface area (Å²) in [4.78, 5) is 12.8. The topological polar surface area (TPSA) is 82.8 Å². The minimum atomic E-state index is -5.25. The molecule has 3 atom stereocenters. The molecule has 0 unspecified atom stereocenters. The first-order valence-electron chi connectivity index (χ1n) is 9.57. The molecule has 0 bridgehead atoms. The Kier molecular flexibility index (Phi) is 5.39. The van der Waals surface area contributed by atoms with Gasteiger partial charge in [-0.05, 0) is 24.6 Å². The summed E-state index contributed by atoms with van der Waals surface area (Å²) in [5.41, 5.74) is -4.05. The largest absolute Gasteiger partial charge is 0.438 e. The number of aliphatic hydroxyl groups is 1. The highest BCUT2D eigenvalue weighted by Gasteiger charge is 2.63. The van der Waals surface area contributed by atoms with E-state index in [1.54, 1.807) is 0 Å². The maximum absolute atomic E-state index is 13.8. The van der Waals surface area contributed by atoms with E-state index in [9.17, 15) is 36.2 Å². The fourth-order valence-electron chi connectivity index (χ4n) is 3.85. The van der Waals surface area contributed by atoms with E-state index in [4.69, 9.17) is 11.6 Å². The molecule has 1 aromatic carbocycles. The number of carbonyl (C=O) groups excluding carboxylic acids is 1. The van der Waals surface area contributed by atoms with Gasteiger partial charge in [0.2, 0.25) is 0 Å². The summed E-state index contributed by atoms with van der Waals surface area (Å²) in [6, 6.07) is 4.01. The van der Waals surface area contributed by atoms with Crippen LogP contribution >= 0.6 is 11.6 Å². The highest BCUT2D eigenvalue weighted by Crippen LogP contribution is 2.45. The molecular weight excluding hydrogens is 480 g/mol. The van der Waals surface area contributed by atoms with E-state index in [0.29, 0.717) is 15.3 Å². The second-order valence-electron chi connectivity index (χ2n) is 7.84. The second kappa shape index (κ2) is 7.62. The molecule has 2 aliphatic rings. The van der Waals surface area contributed by atoms with E-state index in [1.807, 2.05) is 0 Å². The lowest BCUT2D eigenvalue weighted by atomic mass is 9.97. The van der Waals surface area contributed by atoms with E-state index in [-0.39, 0.29) is 16.5 Å². The molecule has 0 saturated heterocycles. The van der Waals surface area contributed by atoms with Crippen LogP contribution in [0.5, 0.6) is 0 Å². The lowest BCUT2D eigenvalue weighted by Crippen LogP contribution is -2.56. The molecule has 7 nitrogen and oxygen atoms in total. The number of hydrazone groups is 1. The number of nitrogens with one attached hydrogen (secondary N) is 1. The van der Waals surface area contributed by atoms with Gasteiger partial charge in [0.1, 0.15) is 5.82 Å². The van der Waals surface area contributed by atoms with Crippen molar-refractivity contribution in [3.05, 3.63) is 46.6 Å². The number of hydrogen-bond donors (Lipinski definition) is 2. The molecule has 33 heavy (non-hydrogen) atoms. The van der Waals surface area contributed by atoms with E-state index < -0.39 is 54.6 Å².